The van der Waals surface area contributed by atoms with E-state index in [1.807, 2.05) is 6.92 Å². The molecule has 0 rings (SSSR count). The van der Waals surface area contributed by atoms with Crippen LogP contribution in [0.15, 0.2) is 5.10 Å². The molecular formula is C5H14N4. The Hall–Kier alpha value is -0.770. The van der Waals surface area contributed by atoms with Crippen molar-refractivity contribution in [3.63, 3.8) is 0 Å². The summed E-state index contributed by atoms with van der Waals surface area (Å²) in [5, 5.41) is 4.99. The molecule has 9 heavy (non-hydrogen) atoms. The van der Waals surface area contributed by atoms with Gasteiger partial charge in [0.1, 0.15) is 5.84 Å². The summed E-state index contributed by atoms with van der Waals surface area (Å²) >= 11 is 0. The van der Waals surface area contributed by atoms with Crippen molar-refractivity contribution in [1.82, 2.24) is 5.12 Å². The molecule has 0 unspecified atom stereocenters. The summed E-state index contributed by atoms with van der Waals surface area (Å²) in [7, 11) is 1.64. The van der Waals surface area contributed by atoms with E-state index in [1.54, 1.807) is 7.05 Å². The number of nitrogens with two attached hydrogens (primary N) is 2. The molecule has 0 fully saturated rings. The lowest BCUT2D eigenvalue weighted by atomic mass is 10.3. The zero-order chi connectivity index (χ0) is 7.28. The Morgan fingerprint density at radius 3 is 2.56 bits per heavy atom. The van der Waals surface area contributed by atoms with Gasteiger partial charge in [-0.25, -0.2) is 11.0 Å². The third-order valence-corrected chi connectivity index (χ3v) is 0.792. The Morgan fingerprint density at radius 2 is 2.22 bits per heavy atom. The summed E-state index contributed by atoms with van der Waals surface area (Å²) in [6.07, 6.45) is 1.81. The lowest BCUT2D eigenvalue weighted by Crippen LogP contribution is -2.24. The molecule has 0 heterocycles. The summed E-state index contributed by atoms with van der Waals surface area (Å²) in [6.45, 7) is 2.04. The number of hydrazine groups is 1. The molecule has 54 valence electrons. The molecule has 4 nitrogen and oxygen atoms in total. The standard InChI is InChI=1S/C5H14N4/c1-3-4-5(6)8-9(2)7/h3-4,7H2,1-2H3,(H2,6,8). The molecule has 0 aliphatic heterocycles. The lowest BCUT2D eigenvalue weighted by Gasteiger charge is -2.04. The molecule has 0 aromatic heterocycles. The molecule has 0 amide bonds. The largest absolute Gasteiger partial charge is 0.386 e. The van der Waals surface area contributed by atoms with Gasteiger partial charge < -0.3 is 5.73 Å². The van der Waals surface area contributed by atoms with E-state index in [1.165, 1.54) is 5.12 Å². The number of hydrogen-bond donors (Lipinski definition) is 2. The first kappa shape index (κ1) is 8.23. The number of hydrogen-bond acceptors (Lipinski definition) is 3. The topological polar surface area (TPSA) is 67.6 Å². The number of amidine groups is 1. The van der Waals surface area contributed by atoms with Crippen LogP contribution in [0.3, 0.4) is 0 Å². The predicted octanol–water partition coefficient (Wildman–Crippen LogP) is -0.136. The van der Waals surface area contributed by atoms with Crippen LogP contribution in [0, 0.1) is 0 Å². The third-order valence-electron chi connectivity index (χ3n) is 0.792. The minimum absolute atomic E-state index is 0.586. The second-order valence-corrected chi connectivity index (χ2v) is 1.92. The van der Waals surface area contributed by atoms with Crippen LogP contribution < -0.4 is 11.6 Å². The van der Waals surface area contributed by atoms with Crippen molar-refractivity contribution < 1.29 is 0 Å². The van der Waals surface area contributed by atoms with E-state index < -0.39 is 0 Å². The molecule has 0 atom stereocenters. The summed E-state index contributed by atoms with van der Waals surface area (Å²) in [4.78, 5) is 0. The Balaban J connectivity index is 3.55. The first-order valence-corrected chi connectivity index (χ1v) is 2.98. The Kier molecular flexibility index (Phi) is 3.79. The Labute approximate surface area is 55.5 Å². The van der Waals surface area contributed by atoms with Crippen LogP contribution in [0.4, 0.5) is 0 Å². The van der Waals surface area contributed by atoms with Gasteiger partial charge in [0.25, 0.3) is 0 Å². The summed E-state index contributed by atoms with van der Waals surface area (Å²) < 4.78 is 0. The van der Waals surface area contributed by atoms with Crippen LogP contribution in [-0.2, 0) is 0 Å². The van der Waals surface area contributed by atoms with Crippen LogP contribution >= 0.6 is 0 Å². The molecule has 4 N–H and O–H groups in total. The maximum atomic E-state index is 5.41. The highest BCUT2D eigenvalue weighted by molar-refractivity contribution is 5.79. The fourth-order valence-corrected chi connectivity index (χ4v) is 0.509. The number of nitrogens with zero attached hydrogens (tertiary/aromatic N) is 2. The fourth-order valence-electron chi connectivity index (χ4n) is 0.509. The smallest absolute Gasteiger partial charge is 0.121 e. The van der Waals surface area contributed by atoms with Crippen molar-refractivity contribution in [1.29, 1.82) is 0 Å². The zero-order valence-electron chi connectivity index (χ0n) is 5.96. The van der Waals surface area contributed by atoms with Gasteiger partial charge in [0.05, 0.1) is 0 Å². The fraction of sp³-hybridized carbons (Fsp3) is 0.800. The van der Waals surface area contributed by atoms with E-state index >= 15 is 0 Å². The van der Waals surface area contributed by atoms with E-state index in [-0.39, 0.29) is 0 Å². The van der Waals surface area contributed by atoms with Crippen LogP contribution in [0.5, 0.6) is 0 Å². The van der Waals surface area contributed by atoms with Crippen molar-refractivity contribution in [2.75, 3.05) is 7.05 Å². The van der Waals surface area contributed by atoms with Gasteiger partial charge in [0.2, 0.25) is 0 Å². The van der Waals surface area contributed by atoms with Crippen molar-refractivity contribution >= 4 is 5.84 Å². The molecular weight excluding hydrogens is 116 g/mol. The molecule has 0 bridgehead atoms. The molecule has 0 aliphatic rings. The van der Waals surface area contributed by atoms with Crippen LogP contribution in [0.25, 0.3) is 0 Å². The molecule has 0 saturated heterocycles. The van der Waals surface area contributed by atoms with Gasteiger partial charge in [-0.15, -0.1) is 5.10 Å². The highest BCUT2D eigenvalue weighted by Gasteiger charge is 1.88. The molecule has 0 spiro atoms. The van der Waals surface area contributed by atoms with Crippen molar-refractivity contribution in [2.24, 2.45) is 16.7 Å². The SMILES string of the molecule is CCC/C(N)=N/N(C)N. The van der Waals surface area contributed by atoms with Crippen molar-refractivity contribution in [3.8, 4) is 0 Å². The first-order valence-electron chi connectivity index (χ1n) is 2.98. The van der Waals surface area contributed by atoms with E-state index in [2.05, 4.69) is 5.10 Å². The van der Waals surface area contributed by atoms with E-state index in [0.717, 1.165) is 12.8 Å². The summed E-state index contributed by atoms with van der Waals surface area (Å²) in [6, 6.07) is 0. The normalized spacial score (nSPS) is 11.7. The summed E-state index contributed by atoms with van der Waals surface area (Å²) in [5.41, 5.74) is 5.41. The van der Waals surface area contributed by atoms with E-state index in [0.29, 0.717) is 5.84 Å². The van der Waals surface area contributed by atoms with E-state index in [9.17, 15) is 0 Å². The van der Waals surface area contributed by atoms with Gasteiger partial charge in [-0.3, -0.25) is 0 Å². The third kappa shape index (κ3) is 5.10. The minimum atomic E-state index is 0.586. The van der Waals surface area contributed by atoms with Gasteiger partial charge >= 0.3 is 0 Å². The lowest BCUT2D eigenvalue weighted by molar-refractivity contribution is 0.370. The molecule has 4 heteroatoms. The first-order chi connectivity index (χ1) is 4.16. The zero-order valence-corrected chi connectivity index (χ0v) is 5.96. The maximum absolute atomic E-state index is 5.41. The van der Waals surface area contributed by atoms with E-state index in [4.69, 9.17) is 11.6 Å². The molecule has 0 saturated carbocycles. The quantitative estimate of drug-likeness (QED) is 0.242. The van der Waals surface area contributed by atoms with Gasteiger partial charge in [-0.2, -0.15) is 0 Å². The van der Waals surface area contributed by atoms with Crippen LogP contribution in [-0.4, -0.2) is 18.0 Å². The number of rotatable bonds is 3. The highest BCUT2D eigenvalue weighted by Crippen LogP contribution is 1.85. The maximum Gasteiger partial charge on any atom is 0.121 e. The Bertz CT molecular complexity index is 97.1. The average Bonchev–Trinajstić information content (AvgIpc) is 1.63. The molecule has 0 aromatic rings. The second kappa shape index (κ2) is 4.14. The van der Waals surface area contributed by atoms with Crippen LogP contribution in [0.2, 0.25) is 0 Å². The number of hydrazone groups is 1. The van der Waals surface area contributed by atoms with Gasteiger partial charge in [-0.1, -0.05) is 6.92 Å². The minimum Gasteiger partial charge on any atom is -0.386 e. The second-order valence-electron chi connectivity index (χ2n) is 1.92. The van der Waals surface area contributed by atoms with Gasteiger partial charge in [0, 0.05) is 13.5 Å². The van der Waals surface area contributed by atoms with Crippen molar-refractivity contribution in [3.05, 3.63) is 0 Å². The average molecular weight is 130 g/mol. The molecule has 0 radical (unpaired) electrons. The summed E-state index contributed by atoms with van der Waals surface area (Å²) in [5.74, 6) is 5.78. The van der Waals surface area contributed by atoms with Crippen LogP contribution in [0.1, 0.15) is 19.8 Å². The molecule has 0 aliphatic carbocycles. The highest BCUT2D eigenvalue weighted by atomic mass is 15.6. The Morgan fingerprint density at radius 1 is 1.67 bits per heavy atom. The van der Waals surface area contributed by atoms with Gasteiger partial charge in [-0.05, 0) is 6.42 Å². The van der Waals surface area contributed by atoms with Gasteiger partial charge in [0.15, 0.2) is 0 Å². The monoisotopic (exact) mass is 130 g/mol. The molecule has 0 aromatic carbocycles. The van der Waals surface area contributed by atoms with Crippen molar-refractivity contribution in [2.45, 2.75) is 19.8 Å². The predicted molar refractivity (Wildman–Crippen MR) is 38.5 cm³/mol.